The molecule has 0 radical (unpaired) electrons. The summed E-state index contributed by atoms with van der Waals surface area (Å²) in [6.07, 6.45) is 3.18. The van der Waals surface area contributed by atoms with Gasteiger partial charge in [0.25, 0.3) is 0 Å². The highest BCUT2D eigenvalue weighted by Gasteiger charge is 2.23. The molecule has 166 valence electrons. The third-order valence-corrected chi connectivity index (χ3v) is 4.11. The molecule has 0 aliphatic rings. The predicted molar refractivity (Wildman–Crippen MR) is 123 cm³/mol. The molecule has 2 aromatic rings. The monoisotopic (exact) mass is 424 g/mol. The van der Waals surface area contributed by atoms with Crippen molar-refractivity contribution in [2.24, 2.45) is 5.41 Å². The van der Waals surface area contributed by atoms with Gasteiger partial charge in [0, 0.05) is 5.56 Å². The number of carbonyl (C=O) groups is 2. The van der Waals surface area contributed by atoms with Crippen LogP contribution in [0.25, 0.3) is 6.08 Å². The summed E-state index contributed by atoms with van der Waals surface area (Å²) in [5, 5.41) is 0. The molecule has 0 amide bonds. The fourth-order valence-electron chi connectivity index (χ4n) is 2.60. The quantitative estimate of drug-likeness (QED) is 0.221. The van der Waals surface area contributed by atoms with Crippen LogP contribution >= 0.6 is 0 Å². The summed E-state index contributed by atoms with van der Waals surface area (Å²) in [5.74, 6) is 1.21. The molecule has 2 aromatic carbocycles. The summed E-state index contributed by atoms with van der Waals surface area (Å²) < 4.78 is 17.1. The molecule has 0 fully saturated rings. The van der Waals surface area contributed by atoms with Gasteiger partial charge < -0.3 is 14.2 Å². The van der Waals surface area contributed by atoms with Gasteiger partial charge in [-0.3, -0.25) is 9.59 Å². The van der Waals surface area contributed by atoms with Crippen molar-refractivity contribution in [3.05, 3.63) is 59.7 Å². The Morgan fingerprint density at radius 1 is 0.839 bits per heavy atom. The molecule has 0 bridgehead atoms. The van der Waals surface area contributed by atoms with Crippen molar-refractivity contribution in [2.45, 2.75) is 60.7 Å². The number of esters is 1. The van der Waals surface area contributed by atoms with E-state index in [9.17, 15) is 9.59 Å². The third-order valence-electron chi connectivity index (χ3n) is 4.11. The van der Waals surface area contributed by atoms with Gasteiger partial charge in [0.15, 0.2) is 5.78 Å². The van der Waals surface area contributed by atoms with Crippen LogP contribution in [0.5, 0.6) is 17.2 Å². The minimum absolute atomic E-state index is 0.0134. The number of rotatable bonds is 8. The van der Waals surface area contributed by atoms with Gasteiger partial charge in [-0.25, -0.2) is 0 Å². The van der Waals surface area contributed by atoms with Crippen LogP contribution in [0, 0.1) is 5.41 Å². The van der Waals surface area contributed by atoms with Crippen LogP contribution in [-0.2, 0) is 4.79 Å². The van der Waals surface area contributed by atoms with Crippen LogP contribution in [0.4, 0.5) is 0 Å². The van der Waals surface area contributed by atoms with Crippen LogP contribution in [-0.4, -0.2) is 24.0 Å². The first-order valence-corrected chi connectivity index (χ1v) is 10.5. The second-order valence-electron chi connectivity index (χ2n) is 8.86. The Kier molecular flexibility index (Phi) is 8.03. The van der Waals surface area contributed by atoms with Gasteiger partial charge in [-0.15, -0.1) is 0 Å². The highest BCUT2D eigenvalue weighted by molar-refractivity contribution is 6.07. The Morgan fingerprint density at radius 2 is 1.35 bits per heavy atom. The van der Waals surface area contributed by atoms with Crippen molar-refractivity contribution in [1.29, 1.82) is 0 Å². The van der Waals surface area contributed by atoms with E-state index in [1.807, 2.05) is 45.9 Å². The normalized spacial score (nSPS) is 11.8. The molecular weight excluding hydrogens is 392 g/mol. The second-order valence-corrected chi connectivity index (χ2v) is 8.86. The summed E-state index contributed by atoms with van der Waals surface area (Å²) in [6, 6.07) is 12.1. The molecule has 0 heterocycles. The molecule has 0 unspecified atom stereocenters. The highest BCUT2D eigenvalue weighted by atomic mass is 16.5. The Balaban J connectivity index is 2.23. The minimum Gasteiger partial charge on any atom is -0.490 e. The number of ether oxygens (including phenoxy) is 3. The summed E-state index contributed by atoms with van der Waals surface area (Å²) in [7, 11) is 0. The summed E-state index contributed by atoms with van der Waals surface area (Å²) >= 11 is 0. The number of hydrogen-bond donors (Lipinski definition) is 0. The van der Waals surface area contributed by atoms with E-state index < -0.39 is 5.41 Å². The molecule has 0 aliphatic carbocycles. The zero-order valence-electron chi connectivity index (χ0n) is 19.4. The molecule has 0 spiro atoms. The van der Waals surface area contributed by atoms with Crippen LogP contribution in [0.2, 0.25) is 0 Å². The van der Waals surface area contributed by atoms with E-state index in [0.717, 1.165) is 0 Å². The van der Waals surface area contributed by atoms with Crippen molar-refractivity contribution in [3.63, 3.8) is 0 Å². The maximum atomic E-state index is 12.7. The van der Waals surface area contributed by atoms with Gasteiger partial charge in [-0.1, -0.05) is 6.07 Å². The first-order chi connectivity index (χ1) is 14.5. The second kappa shape index (κ2) is 10.3. The first kappa shape index (κ1) is 24.2. The zero-order chi connectivity index (χ0) is 23.2. The Morgan fingerprint density at radius 3 is 1.81 bits per heavy atom. The van der Waals surface area contributed by atoms with E-state index in [0.29, 0.717) is 28.4 Å². The molecule has 0 saturated heterocycles. The summed E-state index contributed by atoms with van der Waals surface area (Å²) in [5.41, 5.74) is 0.604. The fraction of sp³-hybridized carbons (Fsp3) is 0.385. The van der Waals surface area contributed by atoms with Crippen LogP contribution in [0.3, 0.4) is 0 Å². The number of benzene rings is 2. The SMILES string of the molecule is CC(C)Oc1cccc(OC(C)C)c1C=CC(=O)c1ccc(OC(=O)C(C)(C)C)cc1. The maximum Gasteiger partial charge on any atom is 0.316 e. The van der Waals surface area contributed by atoms with Crippen molar-refractivity contribution in [1.82, 2.24) is 0 Å². The van der Waals surface area contributed by atoms with Gasteiger partial charge >= 0.3 is 5.97 Å². The average Bonchev–Trinajstić information content (AvgIpc) is 2.66. The Hall–Kier alpha value is -3.08. The van der Waals surface area contributed by atoms with Gasteiger partial charge in [0.05, 0.1) is 23.2 Å². The number of hydrogen-bond acceptors (Lipinski definition) is 5. The standard InChI is InChI=1S/C26H32O5/c1-17(2)29-23-9-8-10-24(30-18(3)4)21(23)15-16-22(27)19-11-13-20(14-12-19)31-25(28)26(5,6)7/h8-18H,1-7H3. The van der Waals surface area contributed by atoms with Gasteiger partial charge in [0.1, 0.15) is 17.2 Å². The molecule has 0 atom stereocenters. The zero-order valence-corrected chi connectivity index (χ0v) is 19.4. The minimum atomic E-state index is -0.599. The molecule has 0 aromatic heterocycles. The van der Waals surface area contributed by atoms with E-state index in [4.69, 9.17) is 14.2 Å². The Labute approximate surface area is 185 Å². The maximum absolute atomic E-state index is 12.7. The third kappa shape index (κ3) is 7.28. The van der Waals surface area contributed by atoms with Gasteiger partial charge in [0.2, 0.25) is 0 Å². The van der Waals surface area contributed by atoms with Crippen LogP contribution in [0.15, 0.2) is 48.5 Å². The lowest BCUT2D eigenvalue weighted by molar-refractivity contribution is -0.143. The van der Waals surface area contributed by atoms with E-state index in [1.54, 1.807) is 51.1 Å². The predicted octanol–water partition coefficient (Wildman–Crippen LogP) is 6.11. The molecule has 5 nitrogen and oxygen atoms in total. The van der Waals surface area contributed by atoms with Crippen LogP contribution < -0.4 is 14.2 Å². The fourth-order valence-corrected chi connectivity index (χ4v) is 2.60. The van der Waals surface area contributed by atoms with Crippen molar-refractivity contribution in [2.75, 3.05) is 0 Å². The van der Waals surface area contributed by atoms with E-state index in [-0.39, 0.29) is 24.0 Å². The van der Waals surface area contributed by atoms with E-state index in [1.165, 1.54) is 6.08 Å². The molecule has 2 rings (SSSR count). The largest absolute Gasteiger partial charge is 0.490 e. The summed E-state index contributed by atoms with van der Waals surface area (Å²) in [6.45, 7) is 13.2. The molecule has 31 heavy (non-hydrogen) atoms. The first-order valence-electron chi connectivity index (χ1n) is 10.5. The van der Waals surface area contributed by atoms with Crippen LogP contribution in [0.1, 0.15) is 64.4 Å². The van der Waals surface area contributed by atoms with Gasteiger partial charge in [-0.05, 0) is 97.0 Å². The average molecular weight is 425 g/mol. The lowest BCUT2D eigenvalue weighted by atomic mass is 9.97. The number of allylic oxidation sites excluding steroid dienone is 1. The van der Waals surface area contributed by atoms with E-state index >= 15 is 0 Å². The molecule has 0 N–H and O–H groups in total. The molecular formula is C26H32O5. The molecule has 0 saturated carbocycles. The Bertz CT molecular complexity index is 903. The topological polar surface area (TPSA) is 61.8 Å². The smallest absolute Gasteiger partial charge is 0.316 e. The molecule has 0 aliphatic heterocycles. The molecule has 5 heteroatoms. The number of ketones is 1. The van der Waals surface area contributed by atoms with Gasteiger partial charge in [-0.2, -0.15) is 0 Å². The highest BCUT2D eigenvalue weighted by Crippen LogP contribution is 2.31. The van der Waals surface area contributed by atoms with Crippen molar-refractivity contribution >= 4 is 17.8 Å². The summed E-state index contributed by atoms with van der Waals surface area (Å²) in [4.78, 5) is 24.7. The lowest BCUT2D eigenvalue weighted by Crippen LogP contribution is -2.25. The number of carbonyl (C=O) groups excluding carboxylic acids is 2. The van der Waals surface area contributed by atoms with E-state index in [2.05, 4.69) is 0 Å². The lowest BCUT2D eigenvalue weighted by Gasteiger charge is -2.17. The van der Waals surface area contributed by atoms with Crippen molar-refractivity contribution < 1.29 is 23.8 Å². The van der Waals surface area contributed by atoms with Crippen molar-refractivity contribution in [3.8, 4) is 17.2 Å².